The lowest BCUT2D eigenvalue weighted by Crippen LogP contribution is -2.38. The van der Waals surface area contributed by atoms with Gasteiger partial charge in [-0.1, -0.05) is 18.2 Å². The Hall–Kier alpha value is -2.26. The van der Waals surface area contributed by atoms with Gasteiger partial charge in [-0.15, -0.1) is 11.3 Å². The number of amides is 1. The van der Waals surface area contributed by atoms with Crippen LogP contribution in [-0.2, 0) is 18.3 Å². The van der Waals surface area contributed by atoms with Crippen LogP contribution in [0.4, 0.5) is 0 Å². The van der Waals surface area contributed by atoms with Crippen LogP contribution >= 0.6 is 11.3 Å². The predicted molar refractivity (Wildman–Crippen MR) is 118 cm³/mol. The summed E-state index contributed by atoms with van der Waals surface area (Å²) in [6, 6.07) is 8.11. The summed E-state index contributed by atoms with van der Waals surface area (Å²) >= 11 is 1.51. The molecule has 30 heavy (non-hydrogen) atoms. The number of aromatic nitrogens is 2. The second kappa shape index (κ2) is 8.85. The van der Waals surface area contributed by atoms with Gasteiger partial charge in [-0.2, -0.15) is 5.10 Å². The molecule has 1 fully saturated rings. The van der Waals surface area contributed by atoms with E-state index in [2.05, 4.69) is 22.3 Å². The Morgan fingerprint density at radius 2 is 2.20 bits per heavy atom. The number of hydrogen-bond acceptors (Lipinski definition) is 6. The van der Waals surface area contributed by atoms with Crippen molar-refractivity contribution in [1.29, 1.82) is 0 Å². The van der Waals surface area contributed by atoms with E-state index in [9.17, 15) is 9.90 Å². The number of likely N-dealkylation sites (N-methyl/N-ethyl adjacent to an activating group) is 1. The summed E-state index contributed by atoms with van der Waals surface area (Å²) < 4.78 is 9.12. The highest BCUT2D eigenvalue weighted by Gasteiger charge is 2.31. The fourth-order valence-electron chi connectivity index (χ4n) is 4.03. The molecule has 0 aliphatic carbocycles. The van der Waals surface area contributed by atoms with Crippen molar-refractivity contribution in [3.05, 3.63) is 52.2 Å². The Bertz CT molecular complexity index is 1040. The molecule has 0 bridgehead atoms. The van der Waals surface area contributed by atoms with E-state index in [1.54, 1.807) is 11.9 Å². The molecule has 0 spiro atoms. The molecule has 0 saturated carbocycles. The first-order chi connectivity index (χ1) is 14.5. The van der Waals surface area contributed by atoms with Crippen LogP contribution in [0.2, 0.25) is 0 Å². The van der Waals surface area contributed by atoms with E-state index in [0.717, 1.165) is 41.0 Å². The maximum absolute atomic E-state index is 13.1. The maximum atomic E-state index is 13.1. The molecule has 1 saturated heterocycles. The molecule has 7 nitrogen and oxygen atoms in total. The SMILES string of the molecule is Cc1nn(C)cc1CN1CCO[C@H](c2c(C(=O)N(C)CCO)sc3ccccc23)C1. The maximum Gasteiger partial charge on any atom is 0.264 e. The number of benzene rings is 1. The second-order valence-electron chi connectivity index (χ2n) is 7.80. The molecule has 1 aliphatic rings. The molecule has 2 aromatic heterocycles. The van der Waals surface area contributed by atoms with E-state index in [-0.39, 0.29) is 18.6 Å². The molecule has 0 radical (unpaired) electrons. The normalized spacial score (nSPS) is 17.5. The van der Waals surface area contributed by atoms with Crippen LogP contribution in [0.5, 0.6) is 0 Å². The van der Waals surface area contributed by atoms with Gasteiger partial charge in [-0.05, 0) is 18.4 Å². The molecule has 0 unspecified atom stereocenters. The first-order valence-corrected chi connectivity index (χ1v) is 11.0. The number of thiophene rings is 1. The molecule has 1 aromatic carbocycles. The number of fused-ring (bicyclic) bond motifs is 1. The minimum absolute atomic E-state index is 0.0549. The number of carbonyl (C=O) groups excluding carboxylic acids is 1. The number of aliphatic hydroxyl groups excluding tert-OH is 1. The fraction of sp³-hybridized carbons (Fsp3) is 0.455. The monoisotopic (exact) mass is 428 g/mol. The van der Waals surface area contributed by atoms with E-state index in [0.29, 0.717) is 18.0 Å². The van der Waals surface area contributed by atoms with Crippen LogP contribution < -0.4 is 0 Å². The number of nitrogens with zero attached hydrogens (tertiary/aromatic N) is 4. The standard InChI is InChI=1S/C22H28N4O3S/c1-15-16(12-25(3)23-15)13-26-9-11-29-18(14-26)20-17-6-4-5-7-19(17)30-21(20)22(28)24(2)8-10-27/h4-7,12,18,27H,8-11,13-14H2,1-3H3/t18-/m0/s1. The molecule has 1 N–H and O–H groups in total. The number of ether oxygens (including phenoxy) is 1. The molecule has 1 aliphatic heterocycles. The number of hydrogen-bond donors (Lipinski definition) is 1. The topological polar surface area (TPSA) is 70.8 Å². The van der Waals surface area contributed by atoms with Crippen molar-refractivity contribution in [2.45, 2.75) is 19.6 Å². The van der Waals surface area contributed by atoms with Crippen LogP contribution in [0.25, 0.3) is 10.1 Å². The lowest BCUT2D eigenvalue weighted by molar-refractivity contribution is -0.0324. The first kappa shape index (κ1) is 21.0. The molecular formula is C22H28N4O3S. The summed E-state index contributed by atoms with van der Waals surface area (Å²) in [5, 5.41) is 14.8. The Morgan fingerprint density at radius 3 is 2.93 bits per heavy atom. The molecular weight excluding hydrogens is 400 g/mol. The summed E-state index contributed by atoms with van der Waals surface area (Å²) in [6.45, 7) is 5.29. The molecule has 3 aromatic rings. The Labute approximate surface area is 180 Å². The number of aryl methyl sites for hydroxylation is 2. The van der Waals surface area contributed by atoms with Gasteiger partial charge < -0.3 is 14.7 Å². The highest BCUT2D eigenvalue weighted by molar-refractivity contribution is 7.21. The molecule has 1 atom stereocenters. The van der Waals surface area contributed by atoms with Crippen LogP contribution in [0.15, 0.2) is 30.5 Å². The minimum atomic E-state index is -0.173. The lowest BCUT2D eigenvalue weighted by Gasteiger charge is -2.33. The van der Waals surface area contributed by atoms with Crippen molar-refractivity contribution >= 4 is 27.3 Å². The summed E-state index contributed by atoms with van der Waals surface area (Å²) in [5.41, 5.74) is 3.23. The van der Waals surface area contributed by atoms with Gasteiger partial charge in [-0.3, -0.25) is 14.4 Å². The number of carbonyl (C=O) groups is 1. The van der Waals surface area contributed by atoms with E-state index >= 15 is 0 Å². The lowest BCUT2D eigenvalue weighted by atomic mass is 10.0. The Morgan fingerprint density at radius 1 is 1.40 bits per heavy atom. The number of aliphatic hydroxyl groups is 1. The van der Waals surface area contributed by atoms with E-state index in [1.807, 2.05) is 36.9 Å². The van der Waals surface area contributed by atoms with Gasteiger partial charge in [0.05, 0.1) is 29.9 Å². The third-order valence-electron chi connectivity index (χ3n) is 5.59. The minimum Gasteiger partial charge on any atom is -0.395 e. The van der Waals surface area contributed by atoms with Crippen molar-refractivity contribution in [1.82, 2.24) is 19.6 Å². The van der Waals surface area contributed by atoms with E-state index < -0.39 is 0 Å². The Kier molecular flexibility index (Phi) is 6.19. The van der Waals surface area contributed by atoms with Gasteiger partial charge in [-0.25, -0.2) is 0 Å². The number of morpholine rings is 1. The van der Waals surface area contributed by atoms with E-state index in [1.165, 1.54) is 16.9 Å². The molecule has 1 amide bonds. The van der Waals surface area contributed by atoms with Crippen molar-refractivity contribution < 1.29 is 14.6 Å². The Balaban J connectivity index is 1.65. The van der Waals surface area contributed by atoms with Crippen molar-refractivity contribution in [2.75, 3.05) is 39.9 Å². The van der Waals surface area contributed by atoms with Crippen LogP contribution in [0.1, 0.15) is 32.6 Å². The zero-order valence-electron chi connectivity index (χ0n) is 17.7. The highest BCUT2D eigenvalue weighted by Crippen LogP contribution is 2.39. The van der Waals surface area contributed by atoms with Crippen molar-refractivity contribution in [3.63, 3.8) is 0 Å². The van der Waals surface area contributed by atoms with Crippen LogP contribution in [0, 0.1) is 6.92 Å². The van der Waals surface area contributed by atoms with Gasteiger partial charge in [0.2, 0.25) is 0 Å². The molecule has 8 heteroatoms. The first-order valence-electron chi connectivity index (χ1n) is 10.2. The fourth-order valence-corrected chi connectivity index (χ4v) is 5.28. The quantitative estimate of drug-likeness (QED) is 0.654. The smallest absolute Gasteiger partial charge is 0.264 e. The highest BCUT2D eigenvalue weighted by atomic mass is 32.1. The van der Waals surface area contributed by atoms with Gasteiger partial charge in [0, 0.05) is 62.3 Å². The van der Waals surface area contributed by atoms with Gasteiger partial charge in [0.1, 0.15) is 0 Å². The van der Waals surface area contributed by atoms with Crippen molar-refractivity contribution in [2.24, 2.45) is 7.05 Å². The number of rotatable bonds is 6. The molecule has 4 rings (SSSR count). The summed E-state index contributed by atoms with van der Waals surface area (Å²) in [7, 11) is 3.67. The molecule has 160 valence electrons. The van der Waals surface area contributed by atoms with Crippen molar-refractivity contribution in [3.8, 4) is 0 Å². The van der Waals surface area contributed by atoms with Crippen LogP contribution in [-0.4, -0.2) is 70.5 Å². The zero-order chi connectivity index (χ0) is 21.3. The van der Waals surface area contributed by atoms with Crippen LogP contribution in [0.3, 0.4) is 0 Å². The third kappa shape index (κ3) is 4.13. The predicted octanol–water partition coefficient (Wildman–Crippen LogP) is 2.58. The largest absolute Gasteiger partial charge is 0.395 e. The molecule has 3 heterocycles. The van der Waals surface area contributed by atoms with E-state index in [4.69, 9.17) is 4.74 Å². The summed E-state index contributed by atoms with van der Waals surface area (Å²) in [5.74, 6) is -0.0657. The average molecular weight is 429 g/mol. The zero-order valence-corrected chi connectivity index (χ0v) is 18.5. The van der Waals surface area contributed by atoms with Gasteiger partial charge in [0.15, 0.2) is 0 Å². The third-order valence-corrected chi connectivity index (χ3v) is 6.77. The average Bonchev–Trinajstić information content (AvgIpc) is 3.27. The summed E-state index contributed by atoms with van der Waals surface area (Å²) in [4.78, 5) is 17.8. The van der Waals surface area contributed by atoms with Gasteiger partial charge >= 0.3 is 0 Å². The van der Waals surface area contributed by atoms with Gasteiger partial charge in [0.25, 0.3) is 5.91 Å². The second-order valence-corrected chi connectivity index (χ2v) is 8.85. The summed E-state index contributed by atoms with van der Waals surface area (Å²) in [6.07, 6.45) is 1.90.